The Morgan fingerprint density at radius 2 is 1.81 bits per heavy atom. The van der Waals surface area contributed by atoms with Gasteiger partial charge in [-0.15, -0.1) is 0 Å². The standard InChI is InChI=1S/C35H46N4O3/c1-22-17-28-29(35(4,5)14-13-34(28,2)3)20-24(22)19-26-10-11-30(42-26)33(40)38-25-9-8-23(18-25)32-36-15-12-31(39-32)37-21-27-7-6-16-41-27/h10-12,15,17,20,23,25,27H,6-9,13-14,16,18-19,21H2,1-5H3,(H,38,40)(H,36,37,39). The van der Waals surface area contributed by atoms with Gasteiger partial charge in [-0.25, -0.2) is 9.97 Å². The molecule has 3 aromatic rings. The number of hydrogen-bond acceptors (Lipinski definition) is 6. The lowest BCUT2D eigenvalue weighted by atomic mass is 9.62. The number of rotatable bonds is 8. The fraction of sp³-hybridized carbons (Fsp3) is 0.571. The summed E-state index contributed by atoms with van der Waals surface area (Å²) in [4.78, 5) is 22.5. The molecule has 0 radical (unpaired) electrons. The second kappa shape index (κ2) is 11.5. The Balaban J connectivity index is 1.06. The molecule has 224 valence electrons. The highest BCUT2D eigenvalue weighted by Gasteiger charge is 2.37. The van der Waals surface area contributed by atoms with Crippen molar-refractivity contribution in [3.05, 3.63) is 76.1 Å². The minimum atomic E-state index is -0.148. The number of nitrogens with zero attached hydrogens (tertiary/aromatic N) is 2. The van der Waals surface area contributed by atoms with E-state index in [-0.39, 0.29) is 34.8 Å². The third-order valence-corrected chi connectivity index (χ3v) is 9.90. The number of benzene rings is 1. The zero-order valence-electron chi connectivity index (χ0n) is 25.9. The number of aryl methyl sites for hydroxylation is 1. The molecule has 3 atom stereocenters. The molecular formula is C35H46N4O3. The number of carbonyl (C=O) groups is 1. The molecule has 1 amide bonds. The Bertz CT molecular complexity index is 1440. The highest BCUT2D eigenvalue weighted by Crippen LogP contribution is 2.46. The average molecular weight is 571 g/mol. The summed E-state index contributed by atoms with van der Waals surface area (Å²) >= 11 is 0. The molecule has 0 spiro atoms. The van der Waals surface area contributed by atoms with E-state index in [0.717, 1.165) is 62.7 Å². The topological polar surface area (TPSA) is 89.3 Å². The van der Waals surface area contributed by atoms with Gasteiger partial charge in [0.2, 0.25) is 0 Å². The van der Waals surface area contributed by atoms with E-state index in [1.165, 1.54) is 35.1 Å². The number of aromatic nitrogens is 2. The summed E-state index contributed by atoms with van der Waals surface area (Å²) in [6.07, 6.45) is 10.1. The third kappa shape index (κ3) is 6.12. The van der Waals surface area contributed by atoms with Crippen LogP contribution in [0.15, 0.2) is 40.9 Å². The first-order valence-corrected chi connectivity index (χ1v) is 15.8. The smallest absolute Gasteiger partial charge is 0.287 e. The number of hydrogen-bond donors (Lipinski definition) is 2. The molecule has 1 saturated carbocycles. The third-order valence-electron chi connectivity index (χ3n) is 9.90. The number of ether oxygens (including phenoxy) is 1. The lowest BCUT2D eigenvalue weighted by Crippen LogP contribution is -2.34. The molecule has 0 bridgehead atoms. The van der Waals surface area contributed by atoms with E-state index in [2.05, 4.69) is 62.4 Å². The van der Waals surface area contributed by atoms with Gasteiger partial charge in [-0.2, -0.15) is 0 Å². The summed E-state index contributed by atoms with van der Waals surface area (Å²) in [7, 11) is 0. The summed E-state index contributed by atoms with van der Waals surface area (Å²) in [5, 5.41) is 6.60. The maximum atomic E-state index is 13.1. The van der Waals surface area contributed by atoms with Gasteiger partial charge in [0.15, 0.2) is 5.76 Å². The highest BCUT2D eigenvalue weighted by atomic mass is 16.5. The van der Waals surface area contributed by atoms with E-state index in [4.69, 9.17) is 14.1 Å². The van der Waals surface area contributed by atoms with Crippen molar-refractivity contribution in [2.24, 2.45) is 0 Å². The van der Waals surface area contributed by atoms with Gasteiger partial charge in [0, 0.05) is 37.7 Å². The monoisotopic (exact) mass is 570 g/mol. The molecule has 42 heavy (non-hydrogen) atoms. The molecule has 6 rings (SSSR count). The zero-order chi connectivity index (χ0) is 29.5. The van der Waals surface area contributed by atoms with E-state index in [1.54, 1.807) is 0 Å². The van der Waals surface area contributed by atoms with Crippen LogP contribution in [0.3, 0.4) is 0 Å². The Hall–Kier alpha value is -3.19. The van der Waals surface area contributed by atoms with Crippen molar-refractivity contribution in [3.8, 4) is 0 Å². The van der Waals surface area contributed by atoms with Crippen LogP contribution in [0.5, 0.6) is 0 Å². The van der Waals surface area contributed by atoms with Crippen LogP contribution in [0.2, 0.25) is 0 Å². The summed E-state index contributed by atoms with van der Waals surface area (Å²) in [5.41, 5.74) is 5.83. The van der Waals surface area contributed by atoms with Crippen LogP contribution in [-0.2, 0) is 22.0 Å². The van der Waals surface area contributed by atoms with Gasteiger partial charge >= 0.3 is 0 Å². The Morgan fingerprint density at radius 1 is 1.02 bits per heavy atom. The normalized spacial score (nSPS) is 24.4. The molecule has 1 aliphatic heterocycles. The van der Waals surface area contributed by atoms with Gasteiger partial charge in [-0.05, 0) is 103 Å². The first-order chi connectivity index (χ1) is 20.1. The van der Waals surface area contributed by atoms with Crippen molar-refractivity contribution >= 4 is 11.7 Å². The van der Waals surface area contributed by atoms with Gasteiger partial charge in [0.1, 0.15) is 17.4 Å². The Morgan fingerprint density at radius 3 is 2.57 bits per heavy atom. The quantitative estimate of drug-likeness (QED) is 0.304. The van der Waals surface area contributed by atoms with E-state index in [1.807, 2.05) is 24.4 Å². The Labute approximate surface area is 250 Å². The lowest BCUT2D eigenvalue weighted by Gasteiger charge is -2.42. The van der Waals surface area contributed by atoms with Gasteiger partial charge in [0.25, 0.3) is 5.91 Å². The average Bonchev–Trinajstić information content (AvgIpc) is 3.74. The van der Waals surface area contributed by atoms with Crippen molar-refractivity contribution in [3.63, 3.8) is 0 Å². The van der Waals surface area contributed by atoms with Gasteiger partial charge in [-0.3, -0.25) is 4.79 Å². The van der Waals surface area contributed by atoms with Crippen LogP contribution in [0, 0.1) is 6.92 Å². The second-order valence-corrected chi connectivity index (χ2v) is 14.0. The first kappa shape index (κ1) is 28.9. The van der Waals surface area contributed by atoms with Crippen LogP contribution in [0.4, 0.5) is 5.82 Å². The maximum Gasteiger partial charge on any atom is 0.287 e. The number of amides is 1. The number of fused-ring (bicyclic) bond motifs is 1. The van der Waals surface area contributed by atoms with Crippen molar-refractivity contribution in [1.82, 2.24) is 15.3 Å². The first-order valence-electron chi connectivity index (χ1n) is 15.8. The molecule has 2 N–H and O–H groups in total. The SMILES string of the molecule is Cc1cc2c(cc1Cc1ccc(C(=O)NC3CCC(c4nccc(NCC5CCCO5)n4)C3)o1)C(C)(C)CCC2(C)C. The van der Waals surface area contributed by atoms with Crippen LogP contribution < -0.4 is 10.6 Å². The predicted octanol–water partition coefficient (Wildman–Crippen LogP) is 6.97. The van der Waals surface area contributed by atoms with Gasteiger partial charge in [0.05, 0.1) is 6.10 Å². The summed E-state index contributed by atoms with van der Waals surface area (Å²) < 4.78 is 11.8. The van der Waals surface area contributed by atoms with E-state index >= 15 is 0 Å². The molecular weight excluding hydrogens is 524 g/mol. The fourth-order valence-corrected chi connectivity index (χ4v) is 7.04. The molecule has 1 aromatic carbocycles. The molecule has 2 aliphatic carbocycles. The van der Waals surface area contributed by atoms with Crippen LogP contribution in [0.1, 0.15) is 123 Å². The summed E-state index contributed by atoms with van der Waals surface area (Å²) in [5.74, 6) is 2.96. The number of nitrogens with one attached hydrogen (secondary N) is 2. The maximum absolute atomic E-state index is 13.1. The molecule has 3 aliphatic rings. The van der Waals surface area contributed by atoms with E-state index < -0.39 is 0 Å². The van der Waals surface area contributed by atoms with Crippen LogP contribution in [-0.4, -0.2) is 41.2 Å². The molecule has 2 aromatic heterocycles. The second-order valence-electron chi connectivity index (χ2n) is 14.0. The number of furan rings is 1. The summed E-state index contributed by atoms with van der Waals surface area (Å²) in [6.45, 7) is 13.2. The lowest BCUT2D eigenvalue weighted by molar-refractivity contribution is 0.0908. The minimum absolute atomic E-state index is 0.0802. The molecule has 3 heterocycles. The summed E-state index contributed by atoms with van der Waals surface area (Å²) in [6, 6.07) is 10.5. The zero-order valence-corrected chi connectivity index (χ0v) is 25.9. The molecule has 3 unspecified atom stereocenters. The minimum Gasteiger partial charge on any atom is -0.456 e. The fourth-order valence-electron chi connectivity index (χ4n) is 7.04. The number of carbonyl (C=O) groups excluding carboxylic acids is 1. The van der Waals surface area contributed by atoms with Gasteiger partial charge < -0.3 is 19.8 Å². The molecule has 7 nitrogen and oxygen atoms in total. The van der Waals surface area contributed by atoms with Crippen LogP contribution in [0.25, 0.3) is 0 Å². The highest BCUT2D eigenvalue weighted by molar-refractivity contribution is 5.91. The van der Waals surface area contributed by atoms with Crippen molar-refractivity contribution < 1.29 is 13.9 Å². The molecule has 7 heteroatoms. The van der Waals surface area contributed by atoms with Gasteiger partial charge in [-0.1, -0.05) is 39.8 Å². The largest absolute Gasteiger partial charge is 0.456 e. The number of anilines is 1. The molecule has 2 fully saturated rings. The van der Waals surface area contributed by atoms with Crippen molar-refractivity contribution in [2.75, 3.05) is 18.5 Å². The predicted molar refractivity (Wildman–Crippen MR) is 165 cm³/mol. The van der Waals surface area contributed by atoms with Crippen LogP contribution >= 0.6 is 0 Å². The van der Waals surface area contributed by atoms with E-state index in [9.17, 15) is 4.79 Å². The molecule has 1 saturated heterocycles. The van der Waals surface area contributed by atoms with Crippen molar-refractivity contribution in [2.45, 2.75) is 115 Å². The Kier molecular flexibility index (Phi) is 7.90. The van der Waals surface area contributed by atoms with E-state index in [0.29, 0.717) is 12.2 Å². The van der Waals surface area contributed by atoms with Crippen molar-refractivity contribution in [1.29, 1.82) is 0 Å².